The fraction of sp³-hybridized carbons (Fsp3) is 1.00. The summed E-state index contributed by atoms with van der Waals surface area (Å²) in [6, 6.07) is 0. The summed E-state index contributed by atoms with van der Waals surface area (Å²) in [5.74, 6) is 0.775. The Labute approximate surface area is 90.7 Å². The van der Waals surface area contributed by atoms with Crippen molar-refractivity contribution < 1.29 is 0 Å². The van der Waals surface area contributed by atoms with Gasteiger partial charge in [-0.1, -0.05) is 27.7 Å². The zero-order valence-corrected chi connectivity index (χ0v) is 11.2. The molecule has 0 saturated carbocycles. The highest BCUT2D eigenvalue weighted by Crippen LogP contribution is 2.31. The third-order valence-corrected chi connectivity index (χ3v) is 3.22. The van der Waals surface area contributed by atoms with Gasteiger partial charge in [0.05, 0.1) is 0 Å². The van der Waals surface area contributed by atoms with Crippen molar-refractivity contribution in [3.05, 3.63) is 0 Å². The maximum absolute atomic E-state index is 3.53. The van der Waals surface area contributed by atoms with Crippen LogP contribution in [0.5, 0.6) is 0 Å². The monoisotopic (exact) mass is 199 g/mol. The average molecular weight is 199 g/mol. The first kappa shape index (κ1) is 14.0. The zero-order chi connectivity index (χ0) is 11.4. The van der Waals surface area contributed by atoms with Crippen LogP contribution in [0, 0.1) is 11.3 Å². The Morgan fingerprint density at radius 1 is 1.00 bits per heavy atom. The molecule has 0 radical (unpaired) electrons. The van der Waals surface area contributed by atoms with E-state index in [2.05, 4.69) is 53.8 Å². The smallest absolute Gasteiger partial charge is 0.00965 e. The molecule has 1 heteroatoms. The largest absolute Gasteiger partial charge is 0.312 e. The van der Waals surface area contributed by atoms with Crippen molar-refractivity contribution in [2.45, 2.75) is 66.8 Å². The summed E-state index contributed by atoms with van der Waals surface area (Å²) in [6.45, 7) is 17.2. The van der Waals surface area contributed by atoms with Crippen LogP contribution in [0.1, 0.15) is 61.3 Å². The maximum atomic E-state index is 3.53. The molecule has 0 aromatic carbocycles. The highest BCUT2D eigenvalue weighted by Gasteiger charge is 2.21. The molecule has 0 spiro atoms. The van der Waals surface area contributed by atoms with Gasteiger partial charge in [-0.15, -0.1) is 0 Å². The summed E-state index contributed by atoms with van der Waals surface area (Å²) in [5, 5.41) is 3.53. The van der Waals surface area contributed by atoms with Gasteiger partial charge < -0.3 is 5.32 Å². The van der Waals surface area contributed by atoms with Gasteiger partial charge in [0.15, 0.2) is 0 Å². The summed E-state index contributed by atoms with van der Waals surface area (Å²) >= 11 is 0. The molecule has 1 N–H and O–H groups in total. The van der Waals surface area contributed by atoms with Gasteiger partial charge >= 0.3 is 0 Å². The molecule has 0 bridgehead atoms. The van der Waals surface area contributed by atoms with Gasteiger partial charge in [0.2, 0.25) is 0 Å². The minimum Gasteiger partial charge on any atom is -0.312 e. The predicted octanol–water partition coefficient (Wildman–Crippen LogP) is 3.84. The van der Waals surface area contributed by atoms with Gasteiger partial charge in [0.25, 0.3) is 0 Å². The standard InChI is InChI=1S/C13H29N/c1-11(2)13(6,7)9-8-10-14-12(3,4)5/h11,14H,8-10H2,1-7H3. The topological polar surface area (TPSA) is 12.0 Å². The van der Waals surface area contributed by atoms with Crippen LogP contribution >= 0.6 is 0 Å². The highest BCUT2D eigenvalue weighted by molar-refractivity contribution is 4.74. The van der Waals surface area contributed by atoms with Crippen molar-refractivity contribution in [2.24, 2.45) is 11.3 Å². The highest BCUT2D eigenvalue weighted by atomic mass is 14.9. The molecule has 86 valence electrons. The molecule has 0 heterocycles. The summed E-state index contributed by atoms with van der Waals surface area (Å²) in [4.78, 5) is 0. The molecule has 0 amide bonds. The predicted molar refractivity (Wildman–Crippen MR) is 65.6 cm³/mol. The van der Waals surface area contributed by atoms with Crippen LogP contribution < -0.4 is 5.32 Å². The summed E-state index contributed by atoms with van der Waals surface area (Å²) in [7, 11) is 0. The van der Waals surface area contributed by atoms with E-state index in [1.807, 2.05) is 0 Å². The van der Waals surface area contributed by atoms with E-state index >= 15 is 0 Å². The number of rotatable bonds is 5. The van der Waals surface area contributed by atoms with E-state index in [4.69, 9.17) is 0 Å². The molecule has 0 saturated heterocycles. The third kappa shape index (κ3) is 6.42. The van der Waals surface area contributed by atoms with Crippen LogP contribution in [0.4, 0.5) is 0 Å². The van der Waals surface area contributed by atoms with Crippen LogP contribution in [0.3, 0.4) is 0 Å². The number of hydrogen-bond acceptors (Lipinski definition) is 1. The Bertz CT molecular complexity index is 151. The van der Waals surface area contributed by atoms with Crippen LogP contribution in [0.2, 0.25) is 0 Å². The molecule has 0 aromatic rings. The molecule has 0 aliphatic heterocycles. The number of hydrogen-bond donors (Lipinski definition) is 1. The fourth-order valence-corrected chi connectivity index (χ4v) is 1.30. The first-order valence-electron chi connectivity index (χ1n) is 5.90. The summed E-state index contributed by atoms with van der Waals surface area (Å²) in [6.07, 6.45) is 2.59. The molecule has 0 aromatic heterocycles. The van der Waals surface area contributed by atoms with Gasteiger partial charge in [-0.05, 0) is 51.5 Å². The normalized spacial score (nSPS) is 13.7. The number of nitrogens with one attached hydrogen (secondary N) is 1. The van der Waals surface area contributed by atoms with E-state index in [-0.39, 0.29) is 5.54 Å². The van der Waals surface area contributed by atoms with Crippen molar-refractivity contribution in [1.29, 1.82) is 0 Å². The summed E-state index contributed by atoms with van der Waals surface area (Å²) < 4.78 is 0. The van der Waals surface area contributed by atoms with E-state index in [1.165, 1.54) is 12.8 Å². The minimum absolute atomic E-state index is 0.266. The van der Waals surface area contributed by atoms with E-state index in [0.29, 0.717) is 5.41 Å². The Morgan fingerprint density at radius 2 is 1.50 bits per heavy atom. The van der Waals surface area contributed by atoms with Gasteiger partial charge in [-0.2, -0.15) is 0 Å². The molecule has 0 fully saturated rings. The van der Waals surface area contributed by atoms with Crippen LogP contribution in [0.15, 0.2) is 0 Å². The first-order valence-corrected chi connectivity index (χ1v) is 5.90. The Hall–Kier alpha value is -0.0400. The fourth-order valence-electron chi connectivity index (χ4n) is 1.30. The van der Waals surface area contributed by atoms with Crippen molar-refractivity contribution in [3.8, 4) is 0 Å². The van der Waals surface area contributed by atoms with Gasteiger partial charge in [-0.25, -0.2) is 0 Å². The van der Waals surface area contributed by atoms with E-state index in [9.17, 15) is 0 Å². The quantitative estimate of drug-likeness (QED) is 0.663. The molecule has 0 unspecified atom stereocenters. The molecule has 0 rings (SSSR count). The summed E-state index contributed by atoms with van der Waals surface area (Å²) in [5.41, 5.74) is 0.752. The van der Waals surface area contributed by atoms with Gasteiger partial charge in [-0.3, -0.25) is 0 Å². The lowest BCUT2D eigenvalue weighted by Gasteiger charge is -2.30. The molecular formula is C13H29N. The van der Waals surface area contributed by atoms with Crippen LogP contribution in [-0.4, -0.2) is 12.1 Å². The lowest BCUT2D eigenvalue weighted by molar-refractivity contribution is 0.220. The molecule has 1 nitrogen and oxygen atoms in total. The maximum Gasteiger partial charge on any atom is 0.00965 e. The zero-order valence-electron chi connectivity index (χ0n) is 11.2. The van der Waals surface area contributed by atoms with Crippen molar-refractivity contribution >= 4 is 0 Å². The van der Waals surface area contributed by atoms with Gasteiger partial charge in [0.1, 0.15) is 0 Å². The van der Waals surface area contributed by atoms with Crippen molar-refractivity contribution in [2.75, 3.05) is 6.54 Å². The van der Waals surface area contributed by atoms with Crippen LogP contribution in [0.25, 0.3) is 0 Å². The van der Waals surface area contributed by atoms with E-state index < -0.39 is 0 Å². The third-order valence-electron chi connectivity index (χ3n) is 3.22. The van der Waals surface area contributed by atoms with E-state index in [1.54, 1.807) is 0 Å². The molecular weight excluding hydrogens is 170 g/mol. The SMILES string of the molecule is CC(C)C(C)(C)CCCNC(C)(C)C. The molecule has 0 aliphatic rings. The van der Waals surface area contributed by atoms with Crippen molar-refractivity contribution in [3.63, 3.8) is 0 Å². The lowest BCUT2D eigenvalue weighted by Crippen LogP contribution is -2.36. The molecule has 0 aliphatic carbocycles. The average Bonchev–Trinajstić information content (AvgIpc) is 1.96. The van der Waals surface area contributed by atoms with Crippen molar-refractivity contribution in [1.82, 2.24) is 5.32 Å². The second-order valence-corrected chi connectivity index (χ2v) is 6.42. The van der Waals surface area contributed by atoms with E-state index in [0.717, 1.165) is 12.5 Å². The Balaban J connectivity index is 3.65. The lowest BCUT2D eigenvalue weighted by atomic mass is 9.77. The van der Waals surface area contributed by atoms with Gasteiger partial charge in [0, 0.05) is 5.54 Å². The first-order chi connectivity index (χ1) is 6.15. The Kier molecular flexibility index (Phi) is 5.14. The second kappa shape index (κ2) is 5.16. The molecule has 14 heavy (non-hydrogen) atoms. The Morgan fingerprint density at radius 3 is 1.86 bits per heavy atom. The molecule has 0 atom stereocenters. The van der Waals surface area contributed by atoms with Crippen LogP contribution in [-0.2, 0) is 0 Å². The second-order valence-electron chi connectivity index (χ2n) is 6.42. The minimum atomic E-state index is 0.266.